The van der Waals surface area contributed by atoms with Gasteiger partial charge in [0.2, 0.25) is 5.91 Å². The Balaban J connectivity index is 1.64. The van der Waals surface area contributed by atoms with E-state index < -0.39 is 5.91 Å². The molecule has 0 atom stereocenters. The number of rotatable bonds is 5. The van der Waals surface area contributed by atoms with E-state index in [4.69, 9.17) is 27.6 Å². The molecule has 0 spiro atoms. The third-order valence-electron chi connectivity index (χ3n) is 3.82. The number of anilines is 1. The van der Waals surface area contributed by atoms with Crippen molar-refractivity contribution >= 4 is 40.7 Å². The molecule has 0 radical (unpaired) electrons. The zero-order valence-electron chi connectivity index (χ0n) is 14.4. The first-order valence-electron chi connectivity index (χ1n) is 8.09. The Morgan fingerprint density at radius 2 is 1.70 bits per heavy atom. The minimum absolute atomic E-state index is 0.138. The molecule has 7 heteroatoms. The highest BCUT2D eigenvalue weighted by atomic mass is 35.5. The third-order valence-corrected chi connectivity index (χ3v) is 4.40. The molecule has 1 heterocycles. The highest BCUT2D eigenvalue weighted by Crippen LogP contribution is 2.24. The minimum Gasteiger partial charge on any atom is -0.451 e. The smallest absolute Gasteiger partial charge is 0.289 e. The van der Waals surface area contributed by atoms with Crippen LogP contribution in [0, 0.1) is 0 Å². The second-order valence-electron chi connectivity index (χ2n) is 5.86. The number of likely N-dealkylation sites (N-methyl/N-ethyl adjacent to an activating group) is 1. The Labute approximate surface area is 166 Å². The lowest BCUT2D eigenvalue weighted by Crippen LogP contribution is -2.34. The fourth-order valence-electron chi connectivity index (χ4n) is 2.45. The maximum Gasteiger partial charge on any atom is 0.289 e. The average Bonchev–Trinajstić information content (AvgIpc) is 3.13. The van der Waals surface area contributed by atoms with Crippen molar-refractivity contribution in [1.82, 2.24) is 4.90 Å². The molecule has 0 bridgehead atoms. The predicted molar refractivity (Wildman–Crippen MR) is 106 cm³/mol. The lowest BCUT2D eigenvalue weighted by atomic mass is 10.2. The van der Waals surface area contributed by atoms with Gasteiger partial charge in [0.05, 0.1) is 17.3 Å². The number of benzene rings is 2. The summed E-state index contributed by atoms with van der Waals surface area (Å²) >= 11 is 11.9. The van der Waals surface area contributed by atoms with Gasteiger partial charge in [-0.25, -0.2) is 0 Å². The number of halogens is 2. The number of amides is 2. The molecule has 0 saturated carbocycles. The van der Waals surface area contributed by atoms with Crippen LogP contribution in [0.25, 0.3) is 11.3 Å². The zero-order chi connectivity index (χ0) is 19.4. The van der Waals surface area contributed by atoms with Gasteiger partial charge in [0.25, 0.3) is 5.91 Å². The maximum atomic E-state index is 12.5. The molecule has 0 aliphatic carbocycles. The van der Waals surface area contributed by atoms with Gasteiger partial charge < -0.3 is 14.6 Å². The largest absolute Gasteiger partial charge is 0.451 e. The second-order valence-corrected chi connectivity index (χ2v) is 6.70. The summed E-state index contributed by atoms with van der Waals surface area (Å²) < 4.78 is 5.62. The Hall–Kier alpha value is -2.76. The molecule has 1 aromatic heterocycles. The minimum atomic E-state index is -0.399. The van der Waals surface area contributed by atoms with Gasteiger partial charge in [-0.1, -0.05) is 35.3 Å². The van der Waals surface area contributed by atoms with Crippen molar-refractivity contribution in [3.8, 4) is 11.3 Å². The van der Waals surface area contributed by atoms with Gasteiger partial charge in [-0.15, -0.1) is 0 Å². The number of carbonyl (C=O) groups excluding carboxylic acids is 2. The van der Waals surface area contributed by atoms with Crippen LogP contribution in [0.15, 0.2) is 65.1 Å². The molecule has 0 saturated heterocycles. The number of nitrogens with zero attached hydrogens (tertiary/aromatic N) is 1. The lowest BCUT2D eigenvalue weighted by Gasteiger charge is -2.15. The molecule has 1 N–H and O–H groups in total. The maximum absolute atomic E-state index is 12.5. The van der Waals surface area contributed by atoms with Crippen LogP contribution in [-0.2, 0) is 4.79 Å². The Bertz CT molecular complexity index is 967. The monoisotopic (exact) mass is 402 g/mol. The quantitative estimate of drug-likeness (QED) is 0.655. The van der Waals surface area contributed by atoms with Crippen molar-refractivity contribution < 1.29 is 14.0 Å². The molecule has 3 aromatic rings. The van der Waals surface area contributed by atoms with E-state index in [2.05, 4.69) is 5.32 Å². The van der Waals surface area contributed by atoms with E-state index in [9.17, 15) is 9.59 Å². The Morgan fingerprint density at radius 3 is 2.41 bits per heavy atom. The molecule has 5 nitrogen and oxygen atoms in total. The van der Waals surface area contributed by atoms with Crippen LogP contribution in [0.5, 0.6) is 0 Å². The van der Waals surface area contributed by atoms with Crippen LogP contribution in [0.1, 0.15) is 10.6 Å². The molecular weight excluding hydrogens is 387 g/mol. The van der Waals surface area contributed by atoms with Gasteiger partial charge in [0.1, 0.15) is 5.76 Å². The highest BCUT2D eigenvalue weighted by molar-refractivity contribution is 6.33. The molecule has 2 amide bonds. The molecular formula is C20H16Cl2N2O3. The molecule has 0 aliphatic rings. The number of para-hydroxylation sites is 1. The lowest BCUT2D eigenvalue weighted by molar-refractivity contribution is -0.116. The number of carbonyl (C=O) groups is 2. The second kappa shape index (κ2) is 8.29. The number of nitrogens with one attached hydrogen (secondary N) is 1. The van der Waals surface area contributed by atoms with Gasteiger partial charge >= 0.3 is 0 Å². The van der Waals surface area contributed by atoms with Crippen molar-refractivity contribution in [2.45, 2.75) is 0 Å². The van der Waals surface area contributed by atoms with Crippen molar-refractivity contribution in [1.29, 1.82) is 0 Å². The molecule has 138 valence electrons. The van der Waals surface area contributed by atoms with Gasteiger partial charge in [-0.2, -0.15) is 0 Å². The molecule has 0 unspecified atom stereocenters. The predicted octanol–water partition coefficient (Wildman–Crippen LogP) is 4.96. The third kappa shape index (κ3) is 4.70. The van der Waals surface area contributed by atoms with E-state index in [0.29, 0.717) is 21.5 Å². The van der Waals surface area contributed by atoms with Crippen LogP contribution >= 0.6 is 23.2 Å². The van der Waals surface area contributed by atoms with Crippen molar-refractivity contribution in [2.75, 3.05) is 18.9 Å². The Morgan fingerprint density at radius 1 is 1.00 bits per heavy atom. The standard InChI is InChI=1S/C20H16Cl2N2O3/c1-24(12-19(25)23-16-5-3-2-4-15(16)22)20(26)18-11-10-17(27-18)13-6-8-14(21)9-7-13/h2-11H,12H2,1H3,(H,23,25). The topological polar surface area (TPSA) is 62.6 Å². The normalized spacial score (nSPS) is 10.5. The van der Waals surface area contributed by atoms with Crippen LogP contribution in [0.2, 0.25) is 10.0 Å². The van der Waals surface area contributed by atoms with Crippen molar-refractivity contribution in [3.05, 3.63) is 76.5 Å². The summed E-state index contributed by atoms with van der Waals surface area (Å²) in [4.78, 5) is 25.9. The van der Waals surface area contributed by atoms with Gasteiger partial charge in [0.15, 0.2) is 5.76 Å². The highest BCUT2D eigenvalue weighted by Gasteiger charge is 2.19. The van der Waals surface area contributed by atoms with Gasteiger partial charge in [-0.05, 0) is 48.5 Å². The summed E-state index contributed by atoms with van der Waals surface area (Å²) in [5.74, 6) is -0.0649. The molecule has 2 aromatic carbocycles. The zero-order valence-corrected chi connectivity index (χ0v) is 15.9. The van der Waals surface area contributed by atoms with Crippen LogP contribution in [-0.4, -0.2) is 30.3 Å². The first kappa shape index (κ1) is 19.0. The Kier molecular flexibility index (Phi) is 5.84. The van der Waals surface area contributed by atoms with Crippen LogP contribution in [0.3, 0.4) is 0 Å². The summed E-state index contributed by atoms with van der Waals surface area (Å²) in [5.41, 5.74) is 1.30. The first-order valence-corrected chi connectivity index (χ1v) is 8.85. The molecule has 27 heavy (non-hydrogen) atoms. The van der Waals surface area contributed by atoms with Gasteiger partial charge in [-0.3, -0.25) is 9.59 Å². The van der Waals surface area contributed by atoms with Crippen molar-refractivity contribution in [3.63, 3.8) is 0 Å². The van der Waals surface area contributed by atoms with E-state index in [1.54, 1.807) is 60.7 Å². The number of hydrogen-bond acceptors (Lipinski definition) is 3. The summed E-state index contributed by atoms with van der Waals surface area (Å²) in [6.45, 7) is -0.138. The van der Waals surface area contributed by atoms with E-state index in [-0.39, 0.29) is 18.2 Å². The van der Waals surface area contributed by atoms with Gasteiger partial charge in [0, 0.05) is 17.6 Å². The summed E-state index contributed by atoms with van der Waals surface area (Å²) in [7, 11) is 1.53. The molecule has 3 rings (SSSR count). The first-order chi connectivity index (χ1) is 12.9. The van der Waals surface area contributed by atoms with E-state index >= 15 is 0 Å². The van der Waals surface area contributed by atoms with E-state index in [0.717, 1.165) is 5.56 Å². The van der Waals surface area contributed by atoms with Crippen LogP contribution in [0.4, 0.5) is 5.69 Å². The fraction of sp³-hybridized carbons (Fsp3) is 0.100. The fourth-order valence-corrected chi connectivity index (χ4v) is 2.76. The molecule has 0 aliphatic heterocycles. The summed E-state index contributed by atoms with van der Waals surface area (Å²) in [5, 5.41) is 3.72. The number of hydrogen-bond donors (Lipinski definition) is 1. The molecule has 0 fully saturated rings. The van der Waals surface area contributed by atoms with E-state index in [1.807, 2.05) is 0 Å². The van der Waals surface area contributed by atoms with Crippen molar-refractivity contribution in [2.24, 2.45) is 0 Å². The summed E-state index contributed by atoms with van der Waals surface area (Å²) in [6.07, 6.45) is 0. The van der Waals surface area contributed by atoms with E-state index in [1.165, 1.54) is 11.9 Å². The number of furan rings is 1. The average molecular weight is 403 g/mol. The summed E-state index contributed by atoms with van der Waals surface area (Å²) in [6, 6.07) is 17.3. The SMILES string of the molecule is CN(CC(=O)Nc1ccccc1Cl)C(=O)c1ccc(-c2ccc(Cl)cc2)o1. The van der Waals surface area contributed by atoms with Crippen LogP contribution < -0.4 is 5.32 Å².